The van der Waals surface area contributed by atoms with Crippen molar-refractivity contribution in [2.75, 3.05) is 0 Å². The molecular formula is C12H11ClFNO2. The van der Waals surface area contributed by atoms with Crippen molar-refractivity contribution in [1.82, 2.24) is 0 Å². The van der Waals surface area contributed by atoms with Crippen LogP contribution in [0.4, 0.5) is 4.39 Å². The number of nitrogens with two attached hydrogens (primary N) is 1. The van der Waals surface area contributed by atoms with Crippen LogP contribution in [0.5, 0.6) is 5.75 Å². The molecular weight excluding hydrogens is 245 g/mol. The van der Waals surface area contributed by atoms with Gasteiger partial charge in [-0.3, -0.25) is 0 Å². The molecule has 1 aromatic heterocycles. The van der Waals surface area contributed by atoms with E-state index in [1.54, 1.807) is 12.1 Å². The molecule has 0 bridgehead atoms. The van der Waals surface area contributed by atoms with Gasteiger partial charge in [0.15, 0.2) is 0 Å². The van der Waals surface area contributed by atoms with Crippen LogP contribution in [-0.4, -0.2) is 0 Å². The summed E-state index contributed by atoms with van der Waals surface area (Å²) < 4.78 is 23.5. The van der Waals surface area contributed by atoms with Crippen LogP contribution in [0.25, 0.3) is 0 Å². The summed E-state index contributed by atoms with van der Waals surface area (Å²) in [5, 5.41) is 0.232. The Balaban J connectivity index is 2.02. The van der Waals surface area contributed by atoms with Crippen LogP contribution in [-0.2, 0) is 13.2 Å². The Labute approximate surface area is 103 Å². The molecule has 1 aromatic carbocycles. The van der Waals surface area contributed by atoms with Gasteiger partial charge in [0.2, 0.25) is 0 Å². The zero-order valence-corrected chi connectivity index (χ0v) is 9.71. The van der Waals surface area contributed by atoms with Gasteiger partial charge in [-0.05, 0) is 30.3 Å². The highest BCUT2D eigenvalue weighted by atomic mass is 35.5. The predicted molar refractivity (Wildman–Crippen MR) is 62.3 cm³/mol. The molecule has 5 heteroatoms. The van der Waals surface area contributed by atoms with Crippen molar-refractivity contribution in [1.29, 1.82) is 0 Å². The van der Waals surface area contributed by atoms with Crippen molar-refractivity contribution >= 4 is 11.6 Å². The fourth-order valence-electron chi connectivity index (χ4n) is 1.35. The van der Waals surface area contributed by atoms with Gasteiger partial charge in [0, 0.05) is 0 Å². The standard InChI is InChI=1S/C12H11ClFNO2/c13-11-5-8(14)1-4-12(11)16-7-10-3-2-9(6-15)17-10/h1-5H,6-7,15H2. The van der Waals surface area contributed by atoms with E-state index in [9.17, 15) is 4.39 Å². The number of furan rings is 1. The van der Waals surface area contributed by atoms with Crippen LogP contribution in [0.2, 0.25) is 5.02 Å². The van der Waals surface area contributed by atoms with E-state index in [1.807, 2.05) is 0 Å². The van der Waals surface area contributed by atoms with Crippen molar-refractivity contribution in [3.8, 4) is 5.75 Å². The number of rotatable bonds is 4. The molecule has 3 nitrogen and oxygen atoms in total. The maximum absolute atomic E-state index is 12.8. The van der Waals surface area contributed by atoms with Gasteiger partial charge in [0.1, 0.15) is 29.7 Å². The summed E-state index contributed by atoms with van der Waals surface area (Å²) in [5.74, 6) is 1.35. The summed E-state index contributed by atoms with van der Waals surface area (Å²) in [6, 6.07) is 7.52. The Bertz CT molecular complexity index is 513. The molecule has 90 valence electrons. The number of hydrogen-bond acceptors (Lipinski definition) is 3. The summed E-state index contributed by atoms with van der Waals surface area (Å²) in [4.78, 5) is 0. The van der Waals surface area contributed by atoms with Gasteiger partial charge < -0.3 is 14.9 Å². The third kappa shape index (κ3) is 2.99. The molecule has 0 atom stereocenters. The lowest BCUT2D eigenvalue weighted by atomic mass is 10.3. The van der Waals surface area contributed by atoms with Gasteiger partial charge in [0.05, 0.1) is 11.6 Å². The molecule has 0 aliphatic heterocycles. The van der Waals surface area contributed by atoms with Gasteiger partial charge in [-0.15, -0.1) is 0 Å². The average molecular weight is 256 g/mol. The number of hydrogen-bond donors (Lipinski definition) is 1. The maximum atomic E-state index is 12.8. The molecule has 0 unspecified atom stereocenters. The van der Waals surface area contributed by atoms with E-state index < -0.39 is 5.82 Å². The molecule has 0 amide bonds. The lowest BCUT2D eigenvalue weighted by Crippen LogP contribution is -1.96. The molecule has 0 fully saturated rings. The van der Waals surface area contributed by atoms with Crippen molar-refractivity contribution in [3.63, 3.8) is 0 Å². The normalized spacial score (nSPS) is 10.5. The highest BCUT2D eigenvalue weighted by Gasteiger charge is 2.05. The third-order valence-electron chi connectivity index (χ3n) is 2.18. The summed E-state index contributed by atoms with van der Waals surface area (Å²) in [7, 11) is 0. The smallest absolute Gasteiger partial charge is 0.146 e. The lowest BCUT2D eigenvalue weighted by molar-refractivity contribution is 0.266. The van der Waals surface area contributed by atoms with E-state index in [1.165, 1.54) is 18.2 Å². The van der Waals surface area contributed by atoms with E-state index in [0.717, 1.165) is 0 Å². The maximum Gasteiger partial charge on any atom is 0.146 e. The van der Waals surface area contributed by atoms with E-state index in [0.29, 0.717) is 23.8 Å². The van der Waals surface area contributed by atoms with Crippen molar-refractivity contribution in [2.45, 2.75) is 13.2 Å². The quantitative estimate of drug-likeness (QED) is 0.913. The number of benzene rings is 1. The van der Waals surface area contributed by atoms with Gasteiger partial charge in [-0.1, -0.05) is 11.6 Å². The fraction of sp³-hybridized carbons (Fsp3) is 0.167. The van der Waals surface area contributed by atoms with Crippen molar-refractivity contribution < 1.29 is 13.5 Å². The molecule has 0 aliphatic carbocycles. The highest BCUT2D eigenvalue weighted by Crippen LogP contribution is 2.25. The Hall–Kier alpha value is -1.52. The van der Waals surface area contributed by atoms with Crippen LogP contribution in [0.3, 0.4) is 0 Å². The minimum atomic E-state index is -0.397. The van der Waals surface area contributed by atoms with E-state index >= 15 is 0 Å². The largest absolute Gasteiger partial charge is 0.484 e. The first kappa shape index (κ1) is 12.0. The molecule has 1 heterocycles. The Kier molecular flexibility index (Phi) is 3.66. The zero-order valence-electron chi connectivity index (χ0n) is 8.95. The second-order valence-corrected chi connectivity index (χ2v) is 3.84. The van der Waals surface area contributed by atoms with Gasteiger partial charge in [0.25, 0.3) is 0 Å². The molecule has 2 aromatic rings. The SMILES string of the molecule is NCc1ccc(COc2ccc(F)cc2Cl)o1. The summed E-state index contributed by atoms with van der Waals surface area (Å²) >= 11 is 5.81. The van der Waals surface area contributed by atoms with Gasteiger partial charge >= 0.3 is 0 Å². The minimum absolute atomic E-state index is 0.228. The van der Waals surface area contributed by atoms with E-state index in [4.69, 9.17) is 26.5 Å². The van der Waals surface area contributed by atoms with E-state index in [2.05, 4.69) is 0 Å². The lowest BCUT2D eigenvalue weighted by Gasteiger charge is -2.06. The van der Waals surface area contributed by atoms with E-state index in [-0.39, 0.29) is 11.6 Å². The first-order valence-electron chi connectivity index (χ1n) is 5.04. The highest BCUT2D eigenvalue weighted by molar-refractivity contribution is 6.32. The minimum Gasteiger partial charge on any atom is -0.484 e. The monoisotopic (exact) mass is 255 g/mol. The van der Waals surface area contributed by atoms with Crippen LogP contribution in [0, 0.1) is 5.82 Å². The van der Waals surface area contributed by atoms with Crippen molar-refractivity contribution in [3.05, 3.63) is 52.7 Å². The van der Waals surface area contributed by atoms with Gasteiger partial charge in [-0.25, -0.2) is 4.39 Å². The van der Waals surface area contributed by atoms with Crippen LogP contribution in [0.1, 0.15) is 11.5 Å². The molecule has 0 aliphatic rings. The van der Waals surface area contributed by atoms with Crippen molar-refractivity contribution in [2.24, 2.45) is 5.73 Å². The van der Waals surface area contributed by atoms with Gasteiger partial charge in [-0.2, -0.15) is 0 Å². The molecule has 0 saturated heterocycles. The fourth-order valence-corrected chi connectivity index (χ4v) is 1.57. The molecule has 0 saturated carbocycles. The zero-order chi connectivity index (χ0) is 12.3. The second-order valence-electron chi connectivity index (χ2n) is 3.44. The Morgan fingerprint density at radius 1 is 1.24 bits per heavy atom. The van der Waals surface area contributed by atoms with Crippen LogP contribution >= 0.6 is 11.6 Å². The Morgan fingerprint density at radius 3 is 2.65 bits per heavy atom. The molecule has 2 N–H and O–H groups in total. The molecule has 17 heavy (non-hydrogen) atoms. The molecule has 0 spiro atoms. The third-order valence-corrected chi connectivity index (χ3v) is 2.48. The first-order valence-corrected chi connectivity index (χ1v) is 5.42. The summed E-state index contributed by atoms with van der Waals surface area (Å²) in [6.45, 7) is 0.572. The predicted octanol–water partition coefficient (Wildman–Crippen LogP) is 3.11. The summed E-state index contributed by atoms with van der Waals surface area (Å²) in [5.41, 5.74) is 5.41. The molecule has 0 radical (unpaired) electrons. The average Bonchev–Trinajstić information content (AvgIpc) is 2.76. The summed E-state index contributed by atoms with van der Waals surface area (Å²) in [6.07, 6.45) is 0. The van der Waals surface area contributed by atoms with Crippen LogP contribution in [0.15, 0.2) is 34.7 Å². The topological polar surface area (TPSA) is 48.4 Å². The molecule has 2 rings (SSSR count). The number of halogens is 2. The number of ether oxygens (including phenoxy) is 1. The second kappa shape index (κ2) is 5.21. The van der Waals surface area contributed by atoms with Crippen LogP contribution < -0.4 is 10.5 Å². The Morgan fingerprint density at radius 2 is 2.00 bits per heavy atom. The first-order chi connectivity index (χ1) is 8.19.